The lowest BCUT2D eigenvalue weighted by molar-refractivity contribution is 0.254. The summed E-state index contributed by atoms with van der Waals surface area (Å²) in [5, 5.41) is 4.30. The summed E-state index contributed by atoms with van der Waals surface area (Å²) < 4.78 is 2.01. The molecule has 1 aromatic heterocycles. The molecule has 0 bridgehead atoms. The Kier molecular flexibility index (Phi) is 6.90. The summed E-state index contributed by atoms with van der Waals surface area (Å²) in [6.07, 6.45) is 4.07. The van der Waals surface area contributed by atoms with Crippen molar-refractivity contribution in [3.05, 3.63) is 12.2 Å². The predicted molar refractivity (Wildman–Crippen MR) is 74.1 cm³/mol. The van der Waals surface area contributed by atoms with Crippen LogP contribution in [0.2, 0.25) is 0 Å². The second-order valence-electron chi connectivity index (χ2n) is 5.17. The van der Waals surface area contributed by atoms with Gasteiger partial charge in [-0.2, -0.15) is 5.10 Å². The molecule has 1 rings (SSSR count). The summed E-state index contributed by atoms with van der Waals surface area (Å²) >= 11 is 0. The molecule has 18 heavy (non-hydrogen) atoms. The normalized spacial score (nSPS) is 11.7. The zero-order valence-electron chi connectivity index (χ0n) is 12.0. The van der Waals surface area contributed by atoms with Crippen LogP contribution < -0.4 is 5.73 Å². The van der Waals surface area contributed by atoms with Gasteiger partial charge >= 0.3 is 0 Å². The molecule has 0 fully saturated rings. The van der Waals surface area contributed by atoms with Crippen LogP contribution in [0.25, 0.3) is 0 Å². The van der Waals surface area contributed by atoms with Crippen LogP contribution in [0.15, 0.2) is 6.33 Å². The fourth-order valence-electron chi connectivity index (χ4n) is 1.94. The Labute approximate surface area is 110 Å². The van der Waals surface area contributed by atoms with Crippen molar-refractivity contribution in [2.45, 2.75) is 46.7 Å². The maximum Gasteiger partial charge on any atom is 0.141 e. The highest BCUT2D eigenvalue weighted by Gasteiger charge is 2.11. The van der Waals surface area contributed by atoms with Crippen molar-refractivity contribution in [2.75, 3.05) is 19.6 Å². The van der Waals surface area contributed by atoms with Gasteiger partial charge in [-0.1, -0.05) is 27.2 Å². The van der Waals surface area contributed by atoms with Gasteiger partial charge < -0.3 is 5.73 Å². The average molecular weight is 253 g/mol. The average Bonchev–Trinajstić information content (AvgIpc) is 2.73. The first kappa shape index (κ1) is 15.1. The van der Waals surface area contributed by atoms with Crippen molar-refractivity contribution >= 4 is 0 Å². The largest absolute Gasteiger partial charge is 0.329 e. The smallest absolute Gasteiger partial charge is 0.141 e. The lowest BCUT2D eigenvalue weighted by Crippen LogP contribution is -2.31. The third-order valence-electron chi connectivity index (χ3n) is 2.87. The summed E-state index contributed by atoms with van der Waals surface area (Å²) in [6.45, 7) is 11.1. The molecule has 5 nitrogen and oxygen atoms in total. The first-order valence-electron chi connectivity index (χ1n) is 6.96. The fourth-order valence-corrected chi connectivity index (χ4v) is 1.94. The first-order valence-corrected chi connectivity index (χ1v) is 6.96. The Balaban J connectivity index is 2.59. The molecule has 0 aliphatic rings. The van der Waals surface area contributed by atoms with Crippen molar-refractivity contribution in [1.29, 1.82) is 0 Å². The number of hydrogen-bond acceptors (Lipinski definition) is 4. The van der Waals surface area contributed by atoms with E-state index in [2.05, 4.69) is 35.8 Å². The summed E-state index contributed by atoms with van der Waals surface area (Å²) in [7, 11) is 0. The van der Waals surface area contributed by atoms with Gasteiger partial charge in [-0.3, -0.25) is 4.90 Å². The van der Waals surface area contributed by atoms with Crippen LogP contribution in [0.1, 0.15) is 39.4 Å². The molecule has 104 valence electrons. The topological polar surface area (TPSA) is 60.0 Å². The molecule has 0 saturated heterocycles. The second-order valence-corrected chi connectivity index (χ2v) is 5.17. The van der Waals surface area contributed by atoms with Crippen LogP contribution in [0.4, 0.5) is 0 Å². The van der Waals surface area contributed by atoms with Crippen LogP contribution in [-0.4, -0.2) is 39.3 Å². The van der Waals surface area contributed by atoms with E-state index < -0.39 is 0 Å². The van der Waals surface area contributed by atoms with Crippen LogP contribution in [0.5, 0.6) is 0 Å². The highest BCUT2D eigenvalue weighted by molar-refractivity contribution is 4.85. The fraction of sp³-hybridized carbons (Fsp3) is 0.846. The minimum absolute atomic E-state index is 0.587. The molecule has 0 amide bonds. The molecule has 5 heteroatoms. The molecule has 0 aliphatic carbocycles. The minimum atomic E-state index is 0.587. The third-order valence-corrected chi connectivity index (χ3v) is 2.87. The molecule has 1 aromatic rings. The highest BCUT2D eigenvalue weighted by Crippen LogP contribution is 2.05. The zero-order chi connectivity index (χ0) is 13.4. The molecular weight excluding hydrogens is 226 g/mol. The van der Waals surface area contributed by atoms with Gasteiger partial charge in [0.15, 0.2) is 0 Å². The molecule has 0 radical (unpaired) electrons. The van der Waals surface area contributed by atoms with E-state index in [9.17, 15) is 0 Å². The summed E-state index contributed by atoms with van der Waals surface area (Å²) in [4.78, 5) is 6.73. The zero-order valence-corrected chi connectivity index (χ0v) is 12.0. The van der Waals surface area contributed by atoms with Gasteiger partial charge in [-0.25, -0.2) is 9.67 Å². The van der Waals surface area contributed by atoms with E-state index in [0.29, 0.717) is 12.5 Å². The van der Waals surface area contributed by atoms with Gasteiger partial charge in [0.2, 0.25) is 0 Å². The van der Waals surface area contributed by atoms with Gasteiger partial charge in [-0.15, -0.1) is 0 Å². The number of rotatable bonds is 9. The number of nitrogens with zero attached hydrogens (tertiary/aromatic N) is 4. The predicted octanol–water partition coefficient (Wildman–Crippen LogP) is 1.49. The highest BCUT2D eigenvalue weighted by atomic mass is 15.3. The maximum absolute atomic E-state index is 5.66. The Morgan fingerprint density at radius 3 is 2.78 bits per heavy atom. The Hall–Kier alpha value is -0.940. The van der Waals surface area contributed by atoms with E-state index >= 15 is 0 Å². The first-order chi connectivity index (χ1) is 8.67. The maximum atomic E-state index is 5.66. The molecule has 1 heterocycles. The van der Waals surface area contributed by atoms with Crippen molar-refractivity contribution < 1.29 is 0 Å². The van der Waals surface area contributed by atoms with E-state index in [1.54, 1.807) is 6.33 Å². The van der Waals surface area contributed by atoms with Gasteiger partial charge in [0, 0.05) is 19.6 Å². The molecule has 0 spiro atoms. The van der Waals surface area contributed by atoms with E-state index in [4.69, 9.17) is 5.73 Å². The molecule has 0 unspecified atom stereocenters. The van der Waals surface area contributed by atoms with Crippen LogP contribution in [-0.2, 0) is 13.1 Å². The van der Waals surface area contributed by atoms with Crippen molar-refractivity contribution in [2.24, 2.45) is 11.7 Å². The monoisotopic (exact) mass is 253 g/mol. The Morgan fingerprint density at radius 2 is 2.17 bits per heavy atom. The van der Waals surface area contributed by atoms with Crippen LogP contribution in [0, 0.1) is 5.92 Å². The quantitative estimate of drug-likeness (QED) is 0.724. The summed E-state index contributed by atoms with van der Waals surface area (Å²) in [5.41, 5.74) is 5.66. The van der Waals surface area contributed by atoms with Crippen molar-refractivity contribution in [3.63, 3.8) is 0 Å². The number of aromatic nitrogens is 3. The lowest BCUT2D eigenvalue weighted by Gasteiger charge is -2.21. The van der Waals surface area contributed by atoms with E-state index in [-0.39, 0.29) is 0 Å². The van der Waals surface area contributed by atoms with Gasteiger partial charge in [0.25, 0.3) is 0 Å². The molecule has 0 saturated carbocycles. The SMILES string of the molecule is CCCCN(CCN)Cc1ncnn1CC(C)C. The minimum Gasteiger partial charge on any atom is -0.329 e. The van der Waals surface area contributed by atoms with Crippen molar-refractivity contribution in [3.8, 4) is 0 Å². The standard InChI is InChI=1S/C13H27N5/c1-4-5-7-17(8-6-14)10-13-15-11-16-18(13)9-12(2)3/h11-12H,4-10,14H2,1-3H3. The Bertz CT molecular complexity index is 321. The molecule has 2 N–H and O–H groups in total. The third kappa shape index (κ3) is 5.14. The van der Waals surface area contributed by atoms with Gasteiger partial charge in [0.1, 0.15) is 12.2 Å². The molecule has 0 aromatic carbocycles. The molecular formula is C13H27N5. The molecule has 0 atom stereocenters. The van der Waals surface area contributed by atoms with Crippen LogP contribution in [0.3, 0.4) is 0 Å². The van der Waals surface area contributed by atoms with E-state index in [1.165, 1.54) is 12.8 Å². The van der Waals surface area contributed by atoms with E-state index in [1.807, 2.05) is 4.68 Å². The van der Waals surface area contributed by atoms with E-state index in [0.717, 1.165) is 32.0 Å². The van der Waals surface area contributed by atoms with Crippen molar-refractivity contribution in [1.82, 2.24) is 19.7 Å². The number of unbranched alkanes of at least 4 members (excludes halogenated alkanes) is 1. The lowest BCUT2D eigenvalue weighted by atomic mass is 10.2. The van der Waals surface area contributed by atoms with Crippen LogP contribution >= 0.6 is 0 Å². The second kappa shape index (κ2) is 8.21. The molecule has 0 aliphatic heterocycles. The number of nitrogens with two attached hydrogens (primary N) is 1. The van der Waals surface area contributed by atoms with Gasteiger partial charge in [-0.05, 0) is 18.9 Å². The summed E-state index contributed by atoms with van der Waals surface area (Å²) in [5.74, 6) is 1.64. The number of hydrogen-bond donors (Lipinski definition) is 1. The Morgan fingerprint density at radius 1 is 1.39 bits per heavy atom. The summed E-state index contributed by atoms with van der Waals surface area (Å²) in [6, 6.07) is 0. The van der Waals surface area contributed by atoms with Gasteiger partial charge in [0.05, 0.1) is 6.54 Å².